The fourth-order valence-corrected chi connectivity index (χ4v) is 2.60. The minimum Gasteiger partial charge on any atom is -0.346 e. The molecule has 5 nitrogen and oxygen atoms in total. The van der Waals surface area contributed by atoms with Gasteiger partial charge in [-0.1, -0.05) is 30.1 Å². The number of rotatable bonds is 6. The second kappa shape index (κ2) is 8.55. The van der Waals surface area contributed by atoms with Gasteiger partial charge in [0.1, 0.15) is 0 Å². The van der Waals surface area contributed by atoms with Crippen molar-refractivity contribution in [2.45, 2.75) is 19.5 Å². The first-order valence-corrected chi connectivity index (χ1v) is 8.37. The number of nitrogens with zero attached hydrogens (tertiary/aromatic N) is 3. The summed E-state index contributed by atoms with van der Waals surface area (Å²) in [5.74, 6) is -0.221. The van der Waals surface area contributed by atoms with Gasteiger partial charge in [0, 0.05) is 11.6 Å². The van der Waals surface area contributed by atoms with E-state index >= 15 is 0 Å². The zero-order chi connectivity index (χ0) is 19.3. The Morgan fingerprint density at radius 2 is 1.92 bits per heavy atom. The number of hydrogen-bond acceptors (Lipinski definition) is 4. The Morgan fingerprint density at radius 1 is 1.19 bits per heavy atom. The number of nitrogens with one attached hydrogen (secondary N) is 1. The van der Waals surface area contributed by atoms with Gasteiger partial charge in [0.2, 0.25) is 5.91 Å². The topological polar surface area (TPSA) is 58.1 Å². The second-order valence-corrected chi connectivity index (χ2v) is 6.21. The first-order chi connectivity index (χ1) is 12.2. The predicted molar refractivity (Wildman–Crippen MR) is 94.6 cm³/mol. The average Bonchev–Trinajstić information content (AvgIpc) is 2.56. The van der Waals surface area contributed by atoms with Crippen molar-refractivity contribution < 1.29 is 18.0 Å². The molecule has 1 N–H and O–H groups in total. The van der Waals surface area contributed by atoms with Crippen LogP contribution < -0.4 is 10.2 Å². The molecular formula is C16H15Cl2F3N4O. The van der Waals surface area contributed by atoms with E-state index < -0.39 is 17.8 Å². The van der Waals surface area contributed by atoms with E-state index in [1.165, 1.54) is 17.0 Å². The molecule has 0 unspecified atom stereocenters. The monoisotopic (exact) mass is 406 g/mol. The molecule has 1 amide bonds. The standard InChI is InChI=1S/C16H15Cl2F3N4O/c1-2-7-25(14-6-5-13(23-24-14)16(19,20)21)9-15(26)22-12-4-3-10(17)8-11(12)18/h3-6,8H,2,7,9H2,1H3,(H,22,26). The average molecular weight is 407 g/mol. The summed E-state index contributed by atoms with van der Waals surface area (Å²) in [5, 5.41) is 10.1. The first-order valence-electron chi connectivity index (χ1n) is 7.61. The van der Waals surface area contributed by atoms with Crippen molar-refractivity contribution in [3.05, 3.63) is 46.1 Å². The summed E-state index contributed by atoms with van der Waals surface area (Å²) >= 11 is 11.8. The number of benzene rings is 1. The van der Waals surface area contributed by atoms with Crippen molar-refractivity contribution in [1.29, 1.82) is 0 Å². The first kappa shape index (κ1) is 20.3. The minimum atomic E-state index is -4.57. The van der Waals surface area contributed by atoms with E-state index in [4.69, 9.17) is 23.2 Å². The molecule has 0 spiro atoms. The minimum absolute atomic E-state index is 0.118. The lowest BCUT2D eigenvalue weighted by molar-refractivity contribution is -0.141. The molecule has 0 aliphatic carbocycles. The lowest BCUT2D eigenvalue weighted by Gasteiger charge is -2.22. The number of halogens is 5. The smallest absolute Gasteiger partial charge is 0.346 e. The molecule has 0 saturated heterocycles. The van der Waals surface area contributed by atoms with Crippen LogP contribution in [0.15, 0.2) is 30.3 Å². The highest BCUT2D eigenvalue weighted by Gasteiger charge is 2.33. The maximum absolute atomic E-state index is 12.6. The number of hydrogen-bond donors (Lipinski definition) is 1. The number of carbonyl (C=O) groups is 1. The van der Waals surface area contributed by atoms with Gasteiger partial charge in [-0.15, -0.1) is 10.2 Å². The van der Waals surface area contributed by atoms with Crippen LogP contribution in [0.25, 0.3) is 0 Å². The molecule has 0 fully saturated rings. The maximum atomic E-state index is 12.6. The molecule has 0 saturated carbocycles. The van der Waals surface area contributed by atoms with E-state index in [1.807, 2.05) is 6.92 Å². The van der Waals surface area contributed by atoms with Gasteiger partial charge in [-0.05, 0) is 36.8 Å². The Morgan fingerprint density at radius 3 is 2.46 bits per heavy atom. The molecule has 0 radical (unpaired) electrons. The van der Waals surface area contributed by atoms with Crippen molar-refractivity contribution in [3.63, 3.8) is 0 Å². The highest BCUT2D eigenvalue weighted by Crippen LogP contribution is 2.28. The van der Waals surface area contributed by atoms with Crippen LogP contribution in [0.3, 0.4) is 0 Å². The molecule has 1 aromatic carbocycles. The number of amides is 1. The van der Waals surface area contributed by atoms with E-state index in [0.717, 1.165) is 6.07 Å². The Labute approximate surface area is 158 Å². The summed E-state index contributed by atoms with van der Waals surface area (Å²) in [6.45, 7) is 2.17. The summed E-state index contributed by atoms with van der Waals surface area (Å²) in [7, 11) is 0. The SMILES string of the molecule is CCCN(CC(=O)Nc1ccc(Cl)cc1Cl)c1ccc(C(F)(F)F)nn1. The Balaban J connectivity index is 2.10. The Bertz CT molecular complexity index is 769. The summed E-state index contributed by atoms with van der Waals surface area (Å²) < 4.78 is 37.8. The van der Waals surface area contributed by atoms with Gasteiger partial charge in [-0.3, -0.25) is 4.79 Å². The van der Waals surface area contributed by atoms with Crippen LogP contribution in [0.5, 0.6) is 0 Å². The molecule has 0 aliphatic rings. The highest BCUT2D eigenvalue weighted by atomic mass is 35.5. The number of alkyl halides is 3. The van der Waals surface area contributed by atoms with Gasteiger partial charge in [0.15, 0.2) is 11.5 Å². The molecule has 1 aromatic heterocycles. The molecule has 0 aliphatic heterocycles. The van der Waals surface area contributed by atoms with Crippen LogP contribution in [-0.2, 0) is 11.0 Å². The van der Waals surface area contributed by atoms with Crippen molar-refractivity contribution in [1.82, 2.24) is 10.2 Å². The van der Waals surface area contributed by atoms with Gasteiger partial charge in [0.25, 0.3) is 0 Å². The highest BCUT2D eigenvalue weighted by molar-refractivity contribution is 6.36. The van der Waals surface area contributed by atoms with Crippen LogP contribution in [0, 0.1) is 0 Å². The normalized spacial score (nSPS) is 11.3. The molecule has 0 bridgehead atoms. The van der Waals surface area contributed by atoms with Gasteiger partial charge < -0.3 is 10.2 Å². The van der Waals surface area contributed by atoms with Crippen molar-refractivity contribution in [2.24, 2.45) is 0 Å². The molecule has 26 heavy (non-hydrogen) atoms. The summed E-state index contributed by atoms with van der Waals surface area (Å²) in [6, 6.07) is 6.65. The lowest BCUT2D eigenvalue weighted by atomic mass is 10.3. The van der Waals surface area contributed by atoms with Crippen LogP contribution >= 0.6 is 23.2 Å². The van der Waals surface area contributed by atoms with Crippen LogP contribution in [0.1, 0.15) is 19.0 Å². The number of aromatic nitrogens is 2. The Hall–Kier alpha value is -2.06. The maximum Gasteiger partial charge on any atom is 0.435 e. The van der Waals surface area contributed by atoms with Gasteiger partial charge in [-0.25, -0.2) is 0 Å². The lowest BCUT2D eigenvalue weighted by Crippen LogP contribution is -2.34. The molecule has 1 heterocycles. The third-order valence-corrected chi connectivity index (χ3v) is 3.85. The fraction of sp³-hybridized carbons (Fsp3) is 0.312. The van der Waals surface area contributed by atoms with E-state index in [1.54, 1.807) is 12.1 Å². The molecular weight excluding hydrogens is 392 g/mol. The molecule has 10 heteroatoms. The van der Waals surface area contributed by atoms with Crippen LogP contribution in [-0.4, -0.2) is 29.2 Å². The van der Waals surface area contributed by atoms with Gasteiger partial charge in [0.05, 0.1) is 17.3 Å². The van der Waals surface area contributed by atoms with E-state index in [9.17, 15) is 18.0 Å². The third-order valence-electron chi connectivity index (χ3n) is 3.30. The number of anilines is 2. The van der Waals surface area contributed by atoms with Crippen LogP contribution in [0.2, 0.25) is 10.0 Å². The molecule has 2 rings (SSSR count). The van der Waals surface area contributed by atoms with Crippen molar-refractivity contribution in [3.8, 4) is 0 Å². The zero-order valence-corrected chi connectivity index (χ0v) is 15.2. The largest absolute Gasteiger partial charge is 0.435 e. The van der Waals surface area contributed by atoms with Crippen molar-refractivity contribution >= 4 is 40.6 Å². The second-order valence-electron chi connectivity index (χ2n) is 5.37. The molecule has 0 atom stereocenters. The fourth-order valence-electron chi connectivity index (χ4n) is 2.14. The Kier molecular flexibility index (Phi) is 6.66. The van der Waals surface area contributed by atoms with E-state index in [-0.39, 0.29) is 17.4 Å². The summed E-state index contributed by atoms with van der Waals surface area (Å²) in [5.41, 5.74) is -0.703. The molecule has 140 valence electrons. The van der Waals surface area contributed by atoms with Crippen molar-refractivity contribution in [2.75, 3.05) is 23.3 Å². The van der Waals surface area contributed by atoms with Gasteiger partial charge >= 0.3 is 6.18 Å². The van der Waals surface area contributed by atoms with Gasteiger partial charge in [-0.2, -0.15) is 13.2 Å². The van der Waals surface area contributed by atoms with Crippen LogP contribution in [0.4, 0.5) is 24.7 Å². The number of carbonyl (C=O) groups excluding carboxylic acids is 1. The summed E-state index contributed by atoms with van der Waals surface area (Å²) in [6.07, 6.45) is -3.90. The quantitative estimate of drug-likeness (QED) is 0.757. The van der Waals surface area contributed by atoms with E-state index in [0.29, 0.717) is 23.7 Å². The predicted octanol–water partition coefficient (Wildman–Crippen LogP) is 4.66. The zero-order valence-electron chi connectivity index (χ0n) is 13.6. The molecule has 2 aromatic rings. The van der Waals surface area contributed by atoms with E-state index in [2.05, 4.69) is 15.5 Å². The third kappa shape index (κ3) is 5.47. The summed E-state index contributed by atoms with van der Waals surface area (Å²) in [4.78, 5) is 13.8.